The molecule has 7 nitrogen and oxygen atoms in total. The van der Waals surface area contributed by atoms with Crippen molar-refractivity contribution in [3.05, 3.63) is 54.0 Å². The number of hydrogen-bond acceptors (Lipinski definition) is 5. The molecular weight excluding hydrogens is 330 g/mol. The van der Waals surface area contributed by atoms with Crippen molar-refractivity contribution >= 4 is 21.8 Å². The van der Waals surface area contributed by atoms with E-state index >= 15 is 0 Å². The second-order valence-electron chi connectivity index (χ2n) is 5.41. The second kappa shape index (κ2) is 6.48. The Kier molecular flexibility index (Phi) is 4.39. The molecule has 0 saturated heterocycles. The lowest BCUT2D eigenvalue weighted by Crippen LogP contribution is -2.27. The van der Waals surface area contributed by atoms with Gasteiger partial charge in [-0.3, -0.25) is 14.5 Å². The van der Waals surface area contributed by atoms with E-state index in [4.69, 9.17) is 4.42 Å². The fourth-order valence-electron chi connectivity index (χ4n) is 2.43. The van der Waals surface area contributed by atoms with Gasteiger partial charge in [0, 0.05) is 19.0 Å². The number of amides is 1. The first kappa shape index (κ1) is 16.3. The topological polar surface area (TPSA) is 92.0 Å². The van der Waals surface area contributed by atoms with E-state index in [1.165, 1.54) is 6.07 Å². The number of furan rings is 1. The fraction of sp³-hybridized carbons (Fsp3) is 0.250. The monoisotopic (exact) mass is 347 g/mol. The number of aliphatic imine (C=N–C) groups is 1. The molecule has 1 amide bonds. The van der Waals surface area contributed by atoms with Crippen molar-refractivity contribution in [3.8, 4) is 0 Å². The first-order valence-electron chi connectivity index (χ1n) is 7.40. The molecule has 1 N–H and O–H groups in total. The fourth-order valence-corrected chi connectivity index (χ4v) is 3.68. The summed E-state index contributed by atoms with van der Waals surface area (Å²) in [6.07, 6.45) is 1.74. The Labute approximate surface area is 140 Å². The number of benzene rings is 1. The maximum Gasteiger partial charge on any atom is 0.263 e. The van der Waals surface area contributed by atoms with Gasteiger partial charge in [-0.25, -0.2) is 8.42 Å². The van der Waals surface area contributed by atoms with Gasteiger partial charge in [-0.15, -0.1) is 0 Å². The third kappa shape index (κ3) is 3.33. The summed E-state index contributed by atoms with van der Waals surface area (Å²) in [6.45, 7) is 0.589. The number of fused-ring (bicyclic) bond motifs is 1. The minimum absolute atomic E-state index is 0.0927. The molecule has 8 heteroatoms. The van der Waals surface area contributed by atoms with Crippen LogP contribution in [0.5, 0.6) is 0 Å². The van der Waals surface area contributed by atoms with Crippen LogP contribution < -0.4 is 4.72 Å². The lowest BCUT2D eigenvalue weighted by Gasteiger charge is -2.14. The molecule has 2 heterocycles. The molecule has 1 aromatic heterocycles. The number of sulfonamides is 1. The van der Waals surface area contributed by atoms with Crippen LogP contribution in [-0.4, -0.2) is 38.7 Å². The zero-order valence-electron chi connectivity index (χ0n) is 13.1. The molecule has 1 aromatic carbocycles. The molecule has 1 aliphatic heterocycles. The predicted octanol–water partition coefficient (Wildman–Crippen LogP) is 1.37. The van der Waals surface area contributed by atoms with Crippen molar-refractivity contribution in [1.82, 2.24) is 9.62 Å². The first-order chi connectivity index (χ1) is 11.5. The van der Waals surface area contributed by atoms with Crippen LogP contribution in [0.25, 0.3) is 0 Å². The molecule has 0 unspecified atom stereocenters. The number of carbonyl (C=O) groups excluding carboxylic acids is 1. The number of nitrogens with zero attached hydrogens (tertiary/aromatic N) is 2. The van der Waals surface area contributed by atoms with Gasteiger partial charge >= 0.3 is 0 Å². The number of hydrogen-bond donors (Lipinski definition) is 1. The van der Waals surface area contributed by atoms with Crippen LogP contribution in [-0.2, 0) is 21.4 Å². The molecule has 0 radical (unpaired) electrons. The number of rotatable bonds is 5. The standard InChI is InChI=1S/C16H17N3O4S/c1-19(11-12-5-4-10-23-12)15(20)8-9-17-16-13-6-2-3-7-14(13)24(21,22)18-16/h2-7,10H,8-9,11H2,1H3,(H,17,18). The molecule has 0 bridgehead atoms. The largest absolute Gasteiger partial charge is 0.467 e. The summed E-state index contributed by atoms with van der Waals surface area (Å²) in [7, 11) is -1.86. The number of amidine groups is 1. The Hall–Kier alpha value is -2.61. The van der Waals surface area contributed by atoms with Crippen molar-refractivity contribution in [1.29, 1.82) is 0 Å². The maximum absolute atomic E-state index is 12.1. The van der Waals surface area contributed by atoms with Crippen LogP contribution in [0.1, 0.15) is 17.7 Å². The minimum Gasteiger partial charge on any atom is -0.467 e. The van der Waals surface area contributed by atoms with Crippen molar-refractivity contribution in [2.45, 2.75) is 17.9 Å². The lowest BCUT2D eigenvalue weighted by atomic mass is 10.2. The van der Waals surface area contributed by atoms with Gasteiger partial charge in [0.15, 0.2) is 0 Å². The SMILES string of the molecule is CN(Cc1ccco1)C(=O)CCN=C1NS(=O)(=O)c2ccccc21. The highest BCUT2D eigenvalue weighted by molar-refractivity contribution is 7.90. The van der Waals surface area contributed by atoms with Crippen molar-refractivity contribution in [3.63, 3.8) is 0 Å². The quantitative estimate of drug-likeness (QED) is 0.884. The van der Waals surface area contributed by atoms with E-state index in [1.54, 1.807) is 48.5 Å². The highest BCUT2D eigenvalue weighted by Gasteiger charge is 2.29. The van der Waals surface area contributed by atoms with Gasteiger partial charge < -0.3 is 9.32 Å². The van der Waals surface area contributed by atoms with Crippen LogP contribution in [0.2, 0.25) is 0 Å². The van der Waals surface area contributed by atoms with E-state index in [9.17, 15) is 13.2 Å². The molecule has 0 fully saturated rings. The molecule has 126 valence electrons. The normalized spacial score (nSPS) is 16.6. The van der Waals surface area contributed by atoms with E-state index in [-0.39, 0.29) is 29.6 Å². The van der Waals surface area contributed by atoms with E-state index in [0.717, 1.165) is 0 Å². The van der Waals surface area contributed by atoms with Gasteiger partial charge in [-0.1, -0.05) is 12.1 Å². The van der Waals surface area contributed by atoms with Gasteiger partial charge in [-0.2, -0.15) is 0 Å². The molecule has 1 aliphatic rings. The summed E-state index contributed by atoms with van der Waals surface area (Å²) in [5, 5.41) is 0. The van der Waals surface area contributed by atoms with Crippen LogP contribution >= 0.6 is 0 Å². The Morgan fingerprint density at radius 1 is 1.25 bits per heavy atom. The molecule has 2 aromatic rings. The average molecular weight is 347 g/mol. The van der Waals surface area contributed by atoms with E-state index in [1.807, 2.05) is 0 Å². The van der Waals surface area contributed by atoms with E-state index in [0.29, 0.717) is 17.9 Å². The van der Waals surface area contributed by atoms with E-state index in [2.05, 4.69) is 9.71 Å². The molecular formula is C16H17N3O4S. The van der Waals surface area contributed by atoms with Crippen LogP contribution in [0.15, 0.2) is 57.0 Å². The third-order valence-corrected chi connectivity index (χ3v) is 5.05. The summed E-state index contributed by atoms with van der Waals surface area (Å²) in [6, 6.07) is 10.2. The Balaban J connectivity index is 1.62. The van der Waals surface area contributed by atoms with Crippen molar-refractivity contribution < 1.29 is 17.6 Å². The minimum atomic E-state index is -3.54. The Morgan fingerprint density at radius 2 is 2.04 bits per heavy atom. The molecule has 24 heavy (non-hydrogen) atoms. The van der Waals surface area contributed by atoms with E-state index < -0.39 is 10.0 Å². The Bertz CT molecular complexity index is 872. The summed E-state index contributed by atoms with van der Waals surface area (Å²) >= 11 is 0. The van der Waals surface area contributed by atoms with Crippen LogP contribution in [0.3, 0.4) is 0 Å². The van der Waals surface area contributed by atoms with Crippen molar-refractivity contribution in [2.75, 3.05) is 13.6 Å². The van der Waals surface area contributed by atoms with Gasteiger partial charge in [0.25, 0.3) is 10.0 Å². The molecule has 0 atom stereocenters. The smallest absolute Gasteiger partial charge is 0.263 e. The van der Waals surface area contributed by atoms with Gasteiger partial charge in [0.05, 0.1) is 24.2 Å². The summed E-state index contributed by atoms with van der Waals surface area (Å²) in [4.78, 5) is 18.1. The van der Waals surface area contributed by atoms with Gasteiger partial charge in [-0.05, 0) is 24.3 Å². The molecule has 3 rings (SSSR count). The van der Waals surface area contributed by atoms with Crippen molar-refractivity contribution in [2.24, 2.45) is 4.99 Å². The van der Waals surface area contributed by atoms with Gasteiger partial charge in [0.1, 0.15) is 11.6 Å². The second-order valence-corrected chi connectivity index (χ2v) is 7.06. The lowest BCUT2D eigenvalue weighted by molar-refractivity contribution is -0.130. The highest BCUT2D eigenvalue weighted by Crippen LogP contribution is 2.22. The zero-order valence-corrected chi connectivity index (χ0v) is 13.9. The maximum atomic E-state index is 12.1. The third-order valence-electron chi connectivity index (χ3n) is 3.66. The molecule has 0 saturated carbocycles. The highest BCUT2D eigenvalue weighted by atomic mass is 32.2. The summed E-state index contributed by atoms with van der Waals surface area (Å²) < 4.78 is 31.6. The zero-order chi connectivity index (χ0) is 17.2. The average Bonchev–Trinajstić information content (AvgIpc) is 3.14. The van der Waals surface area contributed by atoms with Gasteiger partial charge in [0.2, 0.25) is 5.91 Å². The first-order valence-corrected chi connectivity index (χ1v) is 8.89. The number of carbonyl (C=O) groups is 1. The van der Waals surface area contributed by atoms with Crippen LogP contribution in [0.4, 0.5) is 0 Å². The predicted molar refractivity (Wildman–Crippen MR) is 88.0 cm³/mol. The number of nitrogens with one attached hydrogen (secondary N) is 1. The summed E-state index contributed by atoms with van der Waals surface area (Å²) in [5.74, 6) is 0.895. The van der Waals surface area contributed by atoms with Crippen LogP contribution in [0, 0.1) is 0 Å². The molecule has 0 spiro atoms. The Morgan fingerprint density at radius 3 is 2.79 bits per heavy atom. The molecule has 0 aliphatic carbocycles. The summed E-state index contributed by atoms with van der Waals surface area (Å²) in [5.41, 5.74) is 0.536.